The van der Waals surface area contributed by atoms with Crippen LogP contribution in [0, 0.1) is 0 Å². The molecule has 0 saturated carbocycles. The van der Waals surface area contributed by atoms with Gasteiger partial charge < -0.3 is 39.4 Å². The van der Waals surface area contributed by atoms with Crippen LogP contribution in [-0.2, 0) is 23.7 Å². The molecule has 1 fully saturated rings. The van der Waals surface area contributed by atoms with Crippen LogP contribution in [0.4, 0.5) is 0 Å². The highest BCUT2D eigenvalue weighted by atomic mass is 16.7. The number of esters is 1. The van der Waals surface area contributed by atoms with Crippen LogP contribution in [-0.4, -0.2) is 89.6 Å². The Bertz CT molecular complexity index is 1310. The fraction of sp³-hybridized carbons (Fsp3) is 0.787. The number of carbonyl (C=O) groups excluding carboxylic acids is 1. The molecule has 0 aromatic heterocycles. The summed E-state index contributed by atoms with van der Waals surface area (Å²) < 4.78 is 22.9. The third-order valence-corrected chi connectivity index (χ3v) is 13.1. The Morgan fingerprint density at radius 3 is 1.30 bits per heavy atom. The lowest BCUT2D eigenvalue weighted by Crippen LogP contribution is -2.59. The average Bonchev–Trinajstić information content (AvgIpc) is 3.36. The van der Waals surface area contributed by atoms with Crippen molar-refractivity contribution >= 4 is 5.97 Å². The van der Waals surface area contributed by atoms with E-state index in [1.807, 2.05) is 0 Å². The first kappa shape index (κ1) is 65.6. The molecule has 1 heterocycles. The maximum atomic E-state index is 12.9. The molecular weight excluding hydrogens is 877 g/mol. The smallest absolute Gasteiger partial charge is 0.306 e. The number of carbonyl (C=O) groups is 1. The molecule has 9 heteroatoms. The minimum atomic E-state index is -1.55. The number of rotatable bonds is 50. The molecule has 0 amide bonds. The summed E-state index contributed by atoms with van der Waals surface area (Å²) in [6.07, 6.45) is 62.4. The van der Waals surface area contributed by atoms with Crippen molar-refractivity contribution in [3.8, 4) is 0 Å². The van der Waals surface area contributed by atoms with Crippen molar-refractivity contribution in [2.75, 3.05) is 26.4 Å². The number of aliphatic hydroxyl groups is 4. The Morgan fingerprint density at radius 1 is 0.471 bits per heavy atom. The van der Waals surface area contributed by atoms with Gasteiger partial charge in [0.1, 0.15) is 30.5 Å². The van der Waals surface area contributed by atoms with E-state index in [-0.39, 0.29) is 19.2 Å². The monoisotopic (exact) mass is 985 g/mol. The van der Waals surface area contributed by atoms with Crippen molar-refractivity contribution in [2.24, 2.45) is 0 Å². The summed E-state index contributed by atoms with van der Waals surface area (Å²) in [5.41, 5.74) is 0. The Hall–Kier alpha value is -2.37. The first-order chi connectivity index (χ1) is 34.4. The minimum Gasteiger partial charge on any atom is -0.457 e. The van der Waals surface area contributed by atoms with Gasteiger partial charge in [-0.25, -0.2) is 0 Å². The number of aliphatic hydroxyl groups excluding tert-OH is 4. The maximum Gasteiger partial charge on any atom is 0.306 e. The first-order valence-electron chi connectivity index (χ1n) is 29.0. The lowest BCUT2D eigenvalue weighted by Gasteiger charge is -2.39. The molecule has 1 aliphatic rings. The van der Waals surface area contributed by atoms with Crippen LogP contribution in [0.3, 0.4) is 0 Å². The zero-order valence-corrected chi connectivity index (χ0v) is 45.0. The highest BCUT2D eigenvalue weighted by Gasteiger charge is 2.44. The molecule has 0 bridgehead atoms. The second-order valence-electron chi connectivity index (χ2n) is 19.7. The van der Waals surface area contributed by atoms with E-state index < -0.39 is 43.4 Å². The summed E-state index contributed by atoms with van der Waals surface area (Å²) in [5.74, 6) is -0.323. The molecule has 1 rings (SSSR count). The van der Waals surface area contributed by atoms with Gasteiger partial charge in [0.15, 0.2) is 6.29 Å². The normalized spacial score (nSPS) is 19.4. The van der Waals surface area contributed by atoms with Gasteiger partial charge in [-0.2, -0.15) is 0 Å². The third-order valence-electron chi connectivity index (χ3n) is 13.1. The molecule has 6 atom stereocenters. The quantitative estimate of drug-likeness (QED) is 0.0267. The van der Waals surface area contributed by atoms with E-state index in [4.69, 9.17) is 18.9 Å². The van der Waals surface area contributed by atoms with Gasteiger partial charge in [0, 0.05) is 13.0 Å². The zero-order chi connectivity index (χ0) is 50.6. The second kappa shape index (κ2) is 51.5. The van der Waals surface area contributed by atoms with Crippen molar-refractivity contribution in [3.05, 3.63) is 72.9 Å². The number of hydrogen-bond donors (Lipinski definition) is 4. The van der Waals surface area contributed by atoms with E-state index in [0.29, 0.717) is 13.0 Å². The van der Waals surface area contributed by atoms with Crippen LogP contribution < -0.4 is 0 Å². The molecule has 4 N–H and O–H groups in total. The molecule has 9 nitrogen and oxygen atoms in total. The summed E-state index contributed by atoms with van der Waals surface area (Å²) in [6, 6.07) is 0. The van der Waals surface area contributed by atoms with Gasteiger partial charge in [-0.05, 0) is 64.2 Å². The van der Waals surface area contributed by atoms with E-state index in [1.54, 1.807) is 0 Å². The topological polar surface area (TPSA) is 135 Å². The summed E-state index contributed by atoms with van der Waals surface area (Å²) in [4.78, 5) is 12.9. The Morgan fingerprint density at radius 2 is 0.871 bits per heavy atom. The Kier molecular flexibility index (Phi) is 48.3. The van der Waals surface area contributed by atoms with Gasteiger partial charge >= 0.3 is 5.97 Å². The van der Waals surface area contributed by atoms with Gasteiger partial charge in [0.2, 0.25) is 0 Å². The molecule has 406 valence electrons. The average molecular weight is 986 g/mol. The van der Waals surface area contributed by atoms with Crippen LogP contribution >= 0.6 is 0 Å². The molecule has 1 aliphatic heterocycles. The molecule has 0 aromatic rings. The lowest BCUT2D eigenvalue weighted by atomic mass is 9.99. The Balaban J connectivity index is 2.18. The van der Waals surface area contributed by atoms with Crippen molar-refractivity contribution < 1.29 is 44.2 Å². The lowest BCUT2D eigenvalue weighted by molar-refractivity contribution is -0.305. The van der Waals surface area contributed by atoms with Gasteiger partial charge in [-0.1, -0.05) is 247 Å². The largest absolute Gasteiger partial charge is 0.457 e. The van der Waals surface area contributed by atoms with Crippen molar-refractivity contribution in [1.29, 1.82) is 0 Å². The van der Waals surface area contributed by atoms with E-state index in [9.17, 15) is 25.2 Å². The fourth-order valence-electron chi connectivity index (χ4n) is 8.67. The number of hydrogen-bond acceptors (Lipinski definition) is 9. The standard InChI is InChI=1S/C61H108O9/c1-3-5-7-9-11-13-15-17-19-21-23-25-27-28-29-30-32-34-36-38-40-42-44-46-48-50-57(63)69-55(54-68-61-60(66)59(65)58(64)56(52-62)70-61)53-67-51-49-47-45-43-41-39-37-35-33-31-26-24-22-20-18-16-14-12-10-8-6-4-2/h6,8,12,14,18,20,24,26,33,35,39,41,55-56,58-62,64-66H,3-5,7,9-11,13,15-17,19,21-23,25,27-32,34,36-38,40,42-54H2,1-2H3/b8-6-,14-12-,20-18-,26-24-,35-33-,41-39-. The van der Waals surface area contributed by atoms with Crippen LogP contribution in [0.1, 0.15) is 245 Å². The van der Waals surface area contributed by atoms with Crippen LogP contribution in [0.25, 0.3) is 0 Å². The minimum absolute atomic E-state index is 0.121. The van der Waals surface area contributed by atoms with Gasteiger partial charge in [0.05, 0.1) is 19.8 Å². The van der Waals surface area contributed by atoms with Gasteiger partial charge in [-0.15, -0.1) is 0 Å². The molecule has 0 aliphatic carbocycles. The molecule has 0 spiro atoms. The second-order valence-corrected chi connectivity index (χ2v) is 19.7. The zero-order valence-electron chi connectivity index (χ0n) is 45.0. The predicted molar refractivity (Wildman–Crippen MR) is 293 cm³/mol. The molecule has 0 aromatic carbocycles. The van der Waals surface area contributed by atoms with E-state index in [1.165, 1.54) is 141 Å². The summed E-state index contributed by atoms with van der Waals surface area (Å²) in [6.45, 7) is 4.40. The van der Waals surface area contributed by atoms with Crippen LogP contribution in [0.15, 0.2) is 72.9 Å². The number of ether oxygens (including phenoxy) is 4. The van der Waals surface area contributed by atoms with Crippen LogP contribution in [0.2, 0.25) is 0 Å². The van der Waals surface area contributed by atoms with Crippen molar-refractivity contribution in [3.63, 3.8) is 0 Å². The van der Waals surface area contributed by atoms with E-state index >= 15 is 0 Å². The molecule has 0 radical (unpaired) electrons. The van der Waals surface area contributed by atoms with Gasteiger partial charge in [-0.3, -0.25) is 4.79 Å². The summed E-state index contributed by atoms with van der Waals surface area (Å²) >= 11 is 0. The highest BCUT2D eigenvalue weighted by Crippen LogP contribution is 2.23. The number of unbranched alkanes of at least 4 members (excludes halogenated alkanes) is 27. The SMILES string of the molecule is CC/C=C\C/C=C\C/C=C\C/C=C\C/C=C\C/C=C\CCCCCOCC(COC1OC(CO)C(O)C(O)C1O)OC(=O)CCCCCCCCCCCCCCCCCCCCCCCCCCC. The first-order valence-corrected chi connectivity index (χ1v) is 29.0. The predicted octanol–water partition coefficient (Wildman–Crippen LogP) is 15.2. The summed E-state index contributed by atoms with van der Waals surface area (Å²) in [5, 5.41) is 40.4. The van der Waals surface area contributed by atoms with E-state index in [0.717, 1.165) is 83.5 Å². The molecular formula is C61H108O9. The molecule has 6 unspecified atom stereocenters. The summed E-state index contributed by atoms with van der Waals surface area (Å²) in [7, 11) is 0. The highest BCUT2D eigenvalue weighted by molar-refractivity contribution is 5.69. The van der Waals surface area contributed by atoms with Crippen molar-refractivity contribution in [1.82, 2.24) is 0 Å². The molecule has 1 saturated heterocycles. The van der Waals surface area contributed by atoms with Crippen LogP contribution in [0.5, 0.6) is 0 Å². The Labute approximate surface area is 429 Å². The maximum absolute atomic E-state index is 12.9. The number of allylic oxidation sites excluding steroid dienone is 12. The molecule has 70 heavy (non-hydrogen) atoms. The van der Waals surface area contributed by atoms with Crippen molar-refractivity contribution in [2.45, 2.75) is 282 Å². The van der Waals surface area contributed by atoms with E-state index in [2.05, 4.69) is 86.8 Å². The third kappa shape index (κ3) is 41.1. The van der Waals surface area contributed by atoms with Gasteiger partial charge in [0.25, 0.3) is 0 Å². The fourth-order valence-corrected chi connectivity index (χ4v) is 8.67.